The topological polar surface area (TPSA) is 127 Å². The Bertz CT molecular complexity index is 957. The summed E-state index contributed by atoms with van der Waals surface area (Å²) in [6.45, 7) is 3.74. The maximum atomic E-state index is 9.55. The molecule has 0 aliphatic heterocycles. The Kier molecular flexibility index (Phi) is 7.04. The number of carboxylic acids is 2. The van der Waals surface area contributed by atoms with Gasteiger partial charge in [-0.3, -0.25) is 0 Å². The van der Waals surface area contributed by atoms with E-state index in [4.69, 9.17) is 20.5 Å². The molecule has 0 spiro atoms. The lowest BCUT2D eigenvalue weighted by Gasteiger charge is -2.09. The first-order valence-corrected chi connectivity index (χ1v) is 8.79. The summed E-state index contributed by atoms with van der Waals surface area (Å²) in [5.74, 6) is -2.51. The third-order valence-electron chi connectivity index (χ3n) is 3.51. The van der Waals surface area contributed by atoms with Crippen molar-refractivity contribution < 1.29 is 24.3 Å². The van der Waals surface area contributed by atoms with Crippen molar-refractivity contribution in [3.63, 3.8) is 0 Å². The van der Waals surface area contributed by atoms with Crippen LogP contribution >= 0.6 is 11.3 Å². The number of hydrogen-bond donors (Lipinski definition) is 3. The maximum absolute atomic E-state index is 9.55. The second kappa shape index (κ2) is 9.46. The lowest BCUT2D eigenvalue weighted by Crippen LogP contribution is -2.08. The number of thiophene rings is 1. The van der Waals surface area contributed by atoms with Gasteiger partial charge < -0.3 is 20.5 Å². The van der Waals surface area contributed by atoms with Crippen molar-refractivity contribution in [1.82, 2.24) is 5.16 Å². The van der Waals surface area contributed by atoms with E-state index < -0.39 is 11.9 Å². The van der Waals surface area contributed by atoms with Crippen molar-refractivity contribution in [3.8, 4) is 11.3 Å². The van der Waals surface area contributed by atoms with Crippen LogP contribution < -0.4 is 5.73 Å². The Balaban J connectivity index is 0.000000279. The van der Waals surface area contributed by atoms with Crippen LogP contribution in [0.5, 0.6) is 0 Å². The molecule has 7 nitrogen and oxygen atoms in total. The van der Waals surface area contributed by atoms with Crippen molar-refractivity contribution in [2.45, 2.75) is 12.5 Å². The molecule has 0 aliphatic rings. The molecule has 2 heterocycles. The van der Waals surface area contributed by atoms with E-state index in [9.17, 15) is 9.59 Å². The molecule has 1 unspecified atom stereocenters. The highest BCUT2D eigenvalue weighted by molar-refractivity contribution is 7.08. The van der Waals surface area contributed by atoms with E-state index in [0.29, 0.717) is 12.2 Å². The summed E-state index contributed by atoms with van der Waals surface area (Å²) in [6, 6.07) is 7.81. The molecule has 0 saturated heterocycles. The van der Waals surface area contributed by atoms with Crippen LogP contribution in [0.3, 0.4) is 0 Å². The highest BCUT2D eigenvalue weighted by atomic mass is 32.1. The van der Waals surface area contributed by atoms with Crippen LogP contribution in [0.15, 0.2) is 64.4 Å². The van der Waals surface area contributed by atoms with E-state index in [0.717, 1.165) is 34.2 Å². The number of aliphatic carboxylic acids is 2. The van der Waals surface area contributed by atoms with Crippen molar-refractivity contribution >= 4 is 34.2 Å². The number of fused-ring (bicyclic) bond motifs is 1. The zero-order chi connectivity index (χ0) is 19.8. The minimum atomic E-state index is -1.26. The van der Waals surface area contributed by atoms with Gasteiger partial charge in [0.05, 0.1) is 0 Å². The van der Waals surface area contributed by atoms with Gasteiger partial charge in [0.1, 0.15) is 5.69 Å². The molecule has 0 aliphatic carbocycles. The summed E-state index contributed by atoms with van der Waals surface area (Å²) < 4.78 is 5.36. The van der Waals surface area contributed by atoms with Gasteiger partial charge in [-0.15, -0.1) is 6.58 Å². The SMILES string of the molecule is C=CCC(N)c1cscc1-c1noc2ccccc12.O=C(O)/C=C/C(=O)O. The molecule has 3 rings (SSSR count). The van der Waals surface area contributed by atoms with Crippen LogP contribution in [-0.2, 0) is 9.59 Å². The fourth-order valence-corrected chi connectivity index (χ4v) is 3.22. The number of para-hydroxylation sites is 1. The van der Waals surface area contributed by atoms with Gasteiger partial charge >= 0.3 is 11.9 Å². The van der Waals surface area contributed by atoms with Crippen LogP contribution in [0, 0.1) is 0 Å². The van der Waals surface area contributed by atoms with Crippen molar-refractivity contribution in [1.29, 1.82) is 0 Å². The van der Waals surface area contributed by atoms with Gasteiger partial charge in [0.2, 0.25) is 0 Å². The smallest absolute Gasteiger partial charge is 0.328 e. The number of benzene rings is 1. The molecule has 3 aromatic rings. The largest absolute Gasteiger partial charge is 0.478 e. The average molecular weight is 386 g/mol. The molecule has 8 heteroatoms. The molecular weight excluding hydrogens is 368 g/mol. The van der Waals surface area contributed by atoms with Crippen molar-refractivity contribution in [3.05, 3.63) is 65.4 Å². The molecule has 2 aromatic heterocycles. The molecule has 0 amide bonds. The van der Waals surface area contributed by atoms with Gasteiger partial charge in [0, 0.05) is 34.5 Å². The van der Waals surface area contributed by atoms with E-state index in [-0.39, 0.29) is 6.04 Å². The van der Waals surface area contributed by atoms with Gasteiger partial charge in [-0.25, -0.2) is 9.59 Å². The predicted molar refractivity (Wildman–Crippen MR) is 103 cm³/mol. The Hall–Kier alpha value is -3.23. The number of nitrogens with two attached hydrogens (primary N) is 1. The second-order valence-corrected chi connectivity index (χ2v) is 6.15. The normalized spacial score (nSPS) is 11.7. The summed E-state index contributed by atoms with van der Waals surface area (Å²) in [5.41, 5.74) is 10.0. The monoisotopic (exact) mass is 386 g/mol. The standard InChI is InChI=1S/C15H14N2OS.C4H4O4/c1-2-5-13(16)11-8-19-9-12(11)15-10-6-3-4-7-14(10)18-17-15;5-3(6)1-2-4(7)8/h2-4,6-9,13H,1,5,16H2;1-2H,(H,5,6)(H,7,8)/b;2-1+. The molecule has 0 bridgehead atoms. The van der Waals surface area contributed by atoms with Crippen molar-refractivity contribution in [2.75, 3.05) is 0 Å². The Morgan fingerprint density at radius 2 is 1.89 bits per heavy atom. The second-order valence-electron chi connectivity index (χ2n) is 5.41. The van der Waals surface area contributed by atoms with Crippen LogP contribution in [0.2, 0.25) is 0 Å². The van der Waals surface area contributed by atoms with Gasteiger partial charge in [-0.1, -0.05) is 23.4 Å². The zero-order valence-electron chi connectivity index (χ0n) is 14.2. The number of aromatic nitrogens is 1. The summed E-state index contributed by atoms with van der Waals surface area (Å²) in [5, 5.41) is 25.0. The van der Waals surface area contributed by atoms with Crippen LogP contribution in [0.1, 0.15) is 18.0 Å². The Morgan fingerprint density at radius 1 is 1.22 bits per heavy atom. The van der Waals surface area contributed by atoms with E-state index in [1.165, 1.54) is 0 Å². The molecule has 1 aromatic carbocycles. The van der Waals surface area contributed by atoms with Crippen LogP contribution in [-0.4, -0.2) is 27.3 Å². The minimum Gasteiger partial charge on any atom is -0.478 e. The average Bonchev–Trinajstić information content (AvgIpc) is 3.27. The van der Waals surface area contributed by atoms with E-state index in [1.54, 1.807) is 11.3 Å². The van der Waals surface area contributed by atoms with Crippen LogP contribution in [0.25, 0.3) is 22.2 Å². The third-order valence-corrected chi connectivity index (χ3v) is 4.27. The molecule has 1 atom stereocenters. The molecule has 0 saturated carbocycles. The Morgan fingerprint density at radius 3 is 2.52 bits per heavy atom. The highest BCUT2D eigenvalue weighted by Gasteiger charge is 2.17. The maximum Gasteiger partial charge on any atom is 0.328 e. The lowest BCUT2D eigenvalue weighted by molar-refractivity contribution is -0.134. The first-order chi connectivity index (χ1) is 12.9. The summed E-state index contributed by atoms with van der Waals surface area (Å²) in [4.78, 5) is 19.1. The summed E-state index contributed by atoms with van der Waals surface area (Å²) in [6.07, 6.45) is 3.71. The summed E-state index contributed by atoms with van der Waals surface area (Å²) in [7, 11) is 0. The molecule has 4 N–H and O–H groups in total. The molecule has 27 heavy (non-hydrogen) atoms. The van der Waals surface area contributed by atoms with Gasteiger partial charge in [-0.2, -0.15) is 11.3 Å². The van der Waals surface area contributed by atoms with Crippen molar-refractivity contribution in [2.24, 2.45) is 5.73 Å². The van der Waals surface area contributed by atoms with E-state index in [1.807, 2.05) is 30.3 Å². The fourth-order valence-electron chi connectivity index (χ4n) is 2.32. The van der Waals surface area contributed by atoms with Gasteiger partial charge in [-0.05, 0) is 29.5 Å². The Labute approximate surface area is 159 Å². The molecule has 140 valence electrons. The fraction of sp³-hybridized carbons (Fsp3) is 0.105. The lowest BCUT2D eigenvalue weighted by atomic mass is 10.00. The van der Waals surface area contributed by atoms with Gasteiger partial charge in [0.25, 0.3) is 0 Å². The first kappa shape index (κ1) is 20.1. The van der Waals surface area contributed by atoms with E-state index in [2.05, 4.69) is 22.5 Å². The number of rotatable bonds is 6. The number of carboxylic acid groups (broad SMARTS) is 2. The predicted octanol–water partition coefficient (Wildman–Crippen LogP) is 3.84. The highest BCUT2D eigenvalue weighted by Crippen LogP contribution is 2.35. The number of nitrogens with zero attached hydrogens (tertiary/aromatic N) is 1. The quantitative estimate of drug-likeness (QED) is 0.434. The molecular formula is C19H18N2O5S. The minimum absolute atomic E-state index is 0.0470. The zero-order valence-corrected chi connectivity index (χ0v) is 15.1. The summed E-state index contributed by atoms with van der Waals surface area (Å²) >= 11 is 1.63. The number of carbonyl (C=O) groups is 2. The molecule has 0 fully saturated rings. The van der Waals surface area contributed by atoms with E-state index >= 15 is 0 Å². The third kappa shape index (κ3) is 5.37. The number of hydrogen-bond acceptors (Lipinski definition) is 6. The first-order valence-electron chi connectivity index (χ1n) is 7.85. The molecule has 0 radical (unpaired) electrons. The van der Waals surface area contributed by atoms with Gasteiger partial charge in [0.15, 0.2) is 5.58 Å². The van der Waals surface area contributed by atoms with Crippen LogP contribution in [0.4, 0.5) is 0 Å².